The maximum Gasteiger partial charge on any atom is 0.306 e. The molecular formula is C23H28N4O5S. The molecule has 0 saturated heterocycles. The number of nitrogen functional groups attached to an aromatic ring is 1. The predicted molar refractivity (Wildman–Crippen MR) is 126 cm³/mol. The number of carbonyl (C=O) groups excluding carboxylic acids is 3. The van der Waals surface area contributed by atoms with Crippen LogP contribution in [0.5, 0.6) is 5.75 Å². The SMILES string of the molecule is CCOC(=O)CC/C(SC(=O)c1ccccc1OC)=C(\C)N(C=O)Cc1cnc(C)nc1N. The first-order valence-electron chi connectivity index (χ1n) is 10.3. The average molecular weight is 473 g/mol. The van der Waals surface area contributed by atoms with E-state index in [9.17, 15) is 14.4 Å². The lowest BCUT2D eigenvalue weighted by Gasteiger charge is -2.22. The zero-order valence-corrected chi connectivity index (χ0v) is 20.0. The molecule has 9 nitrogen and oxygen atoms in total. The van der Waals surface area contributed by atoms with Crippen molar-refractivity contribution in [2.75, 3.05) is 19.5 Å². The highest BCUT2D eigenvalue weighted by Crippen LogP contribution is 2.33. The molecule has 1 aromatic carbocycles. The average Bonchev–Trinajstić information content (AvgIpc) is 2.80. The van der Waals surface area contributed by atoms with Crippen LogP contribution in [-0.2, 0) is 20.9 Å². The molecule has 0 aliphatic carbocycles. The summed E-state index contributed by atoms with van der Waals surface area (Å²) < 4.78 is 10.3. The molecule has 10 heteroatoms. The number of aromatic nitrogens is 2. The van der Waals surface area contributed by atoms with Crippen LogP contribution >= 0.6 is 11.8 Å². The zero-order chi connectivity index (χ0) is 24.4. The van der Waals surface area contributed by atoms with Crippen molar-refractivity contribution in [1.29, 1.82) is 0 Å². The number of thioether (sulfide) groups is 1. The largest absolute Gasteiger partial charge is 0.496 e. The van der Waals surface area contributed by atoms with Gasteiger partial charge >= 0.3 is 5.97 Å². The minimum atomic E-state index is -0.387. The number of allylic oxidation sites excluding steroid dienone is 2. The van der Waals surface area contributed by atoms with Crippen molar-refractivity contribution in [3.63, 3.8) is 0 Å². The number of esters is 1. The monoisotopic (exact) mass is 472 g/mol. The molecule has 0 radical (unpaired) electrons. The molecule has 176 valence electrons. The Morgan fingerprint density at radius 2 is 1.97 bits per heavy atom. The third kappa shape index (κ3) is 7.31. The number of anilines is 1. The minimum absolute atomic E-state index is 0.0647. The van der Waals surface area contributed by atoms with E-state index in [1.54, 1.807) is 51.2 Å². The molecule has 0 aliphatic heterocycles. The van der Waals surface area contributed by atoms with E-state index in [4.69, 9.17) is 15.2 Å². The summed E-state index contributed by atoms with van der Waals surface area (Å²) >= 11 is 0.946. The molecule has 2 N–H and O–H groups in total. The fourth-order valence-electron chi connectivity index (χ4n) is 2.95. The molecule has 0 atom stereocenters. The summed E-state index contributed by atoms with van der Waals surface area (Å²) in [5, 5.41) is -0.269. The first kappa shape index (κ1) is 25.9. The number of ether oxygens (including phenoxy) is 2. The van der Waals surface area contributed by atoms with Crippen molar-refractivity contribution in [3.05, 3.63) is 58.0 Å². The number of benzene rings is 1. The van der Waals surface area contributed by atoms with E-state index in [-0.39, 0.29) is 42.9 Å². The molecule has 1 amide bonds. The van der Waals surface area contributed by atoms with Gasteiger partial charge in [-0.1, -0.05) is 12.1 Å². The Kier molecular flexibility index (Phi) is 9.86. The van der Waals surface area contributed by atoms with Crippen LogP contribution in [0, 0.1) is 6.92 Å². The van der Waals surface area contributed by atoms with Gasteiger partial charge < -0.3 is 20.1 Å². The van der Waals surface area contributed by atoms with E-state index < -0.39 is 0 Å². The van der Waals surface area contributed by atoms with E-state index in [1.165, 1.54) is 12.0 Å². The molecular weight excluding hydrogens is 444 g/mol. The number of aryl methyl sites for hydroxylation is 1. The maximum atomic E-state index is 13.1. The number of nitrogens with two attached hydrogens (primary N) is 1. The smallest absolute Gasteiger partial charge is 0.306 e. The summed E-state index contributed by atoms with van der Waals surface area (Å²) in [6, 6.07) is 6.86. The molecule has 0 unspecified atom stereocenters. The topological polar surface area (TPSA) is 125 Å². The van der Waals surface area contributed by atoms with E-state index in [1.807, 2.05) is 0 Å². The van der Waals surface area contributed by atoms with Crippen molar-refractivity contribution >= 4 is 35.1 Å². The van der Waals surface area contributed by atoms with Gasteiger partial charge in [-0.3, -0.25) is 14.4 Å². The van der Waals surface area contributed by atoms with Crippen molar-refractivity contribution in [2.24, 2.45) is 0 Å². The zero-order valence-electron chi connectivity index (χ0n) is 19.2. The summed E-state index contributed by atoms with van der Waals surface area (Å²) in [7, 11) is 1.49. The number of hydrogen-bond acceptors (Lipinski definition) is 9. The third-order valence-corrected chi connectivity index (χ3v) is 5.88. The van der Waals surface area contributed by atoms with E-state index >= 15 is 0 Å². The number of para-hydroxylation sites is 1. The molecule has 1 heterocycles. The van der Waals surface area contributed by atoms with Crippen molar-refractivity contribution in [1.82, 2.24) is 14.9 Å². The molecule has 2 aromatic rings. The predicted octanol–water partition coefficient (Wildman–Crippen LogP) is 3.48. The van der Waals surface area contributed by atoms with Gasteiger partial charge in [-0.2, -0.15) is 0 Å². The number of nitrogens with zero attached hydrogens (tertiary/aromatic N) is 3. The van der Waals surface area contributed by atoms with Gasteiger partial charge in [0, 0.05) is 22.4 Å². The lowest BCUT2D eigenvalue weighted by atomic mass is 10.2. The van der Waals surface area contributed by atoms with Gasteiger partial charge in [0.25, 0.3) is 0 Å². The first-order chi connectivity index (χ1) is 15.8. The number of methoxy groups -OCH3 is 1. The summed E-state index contributed by atoms with van der Waals surface area (Å²) in [5.41, 5.74) is 7.45. The maximum absolute atomic E-state index is 13.1. The molecule has 0 aliphatic rings. The highest BCUT2D eigenvalue weighted by atomic mass is 32.2. The fraction of sp³-hybridized carbons (Fsp3) is 0.348. The van der Waals surface area contributed by atoms with Crippen molar-refractivity contribution < 1.29 is 23.9 Å². The summed E-state index contributed by atoms with van der Waals surface area (Å²) in [6.07, 6.45) is 2.50. The van der Waals surface area contributed by atoms with Crippen LogP contribution in [0.25, 0.3) is 0 Å². The van der Waals surface area contributed by atoms with Crippen LogP contribution in [-0.4, -0.2) is 46.1 Å². The second-order valence-electron chi connectivity index (χ2n) is 6.96. The Bertz CT molecular complexity index is 1040. The summed E-state index contributed by atoms with van der Waals surface area (Å²) in [4.78, 5) is 47.2. The van der Waals surface area contributed by atoms with Gasteiger partial charge in [0.15, 0.2) is 0 Å². The fourth-order valence-corrected chi connectivity index (χ4v) is 3.92. The van der Waals surface area contributed by atoms with E-state index in [0.29, 0.717) is 39.7 Å². The minimum Gasteiger partial charge on any atom is -0.496 e. The van der Waals surface area contributed by atoms with Gasteiger partial charge in [0.05, 0.1) is 32.2 Å². The van der Waals surface area contributed by atoms with Crippen LogP contribution in [0.2, 0.25) is 0 Å². The molecule has 0 spiro atoms. The second-order valence-corrected chi connectivity index (χ2v) is 8.03. The highest BCUT2D eigenvalue weighted by Gasteiger charge is 2.20. The molecule has 33 heavy (non-hydrogen) atoms. The van der Waals surface area contributed by atoms with Crippen LogP contribution < -0.4 is 10.5 Å². The van der Waals surface area contributed by atoms with Crippen LogP contribution in [0.4, 0.5) is 5.82 Å². The Morgan fingerprint density at radius 3 is 2.61 bits per heavy atom. The van der Waals surface area contributed by atoms with E-state index in [0.717, 1.165) is 11.8 Å². The standard InChI is InChI=1S/C23H28N4O5S/c1-5-32-21(29)11-10-20(33-23(30)18-8-6-7-9-19(18)31-4)15(2)27(14-28)13-17-12-25-16(3)26-22(17)24/h6-9,12,14H,5,10-11,13H2,1-4H3,(H2,24,25,26)/b20-15-. The van der Waals surface area contributed by atoms with Gasteiger partial charge in [-0.15, -0.1) is 0 Å². The van der Waals surface area contributed by atoms with Gasteiger partial charge in [-0.05, 0) is 51.1 Å². The number of hydrogen-bond donors (Lipinski definition) is 1. The van der Waals surface area contributed by atoms with Gasteiger partial charge in [-0.25, -0.2) is 9.97 Å². The molecule has 0 fully saturated rings. The van der Waals surface area contributed by atoms with Crippen molar-refractivity contribution in [3.8, 4) is 5.75 Å². The third-order valence-electron chi connectivity index (χ3n) is 4.73. The Morgan fingerprint density at radius 1 is 1.24 bits per heavy atom. The Labute approximate surface area is 197 Å². The van der Waals surface area contributed by atoms with Gasteiger partial charge in [0.1, 0.15) is 17.4 Å². The van der Waals surface area contributed by atoms with Crippen LogP contribution in [0.3, 0.4) is 0 Å². The Hall–Kier alpha value is -3.40. The Balaban J connectivity index is 2.36. The molecule has 2 rings (SSSR count). The number of carbonyl (C=O) groups is 3. The summed E-state index contributed by atoms with van der Waals surface area (Å²) in [6.45, 7) is 5.53. The lowest BCUT2D eigenvalue weighted by Crippen LogP contribution is -2.22. The summed E-state index contributed by atoms with van der Waals surface area (Å²) in [5.74, 6) is 0.846. The second kappa shape index (κ2) is 12.6. The van der Waals surface area contributed by atoms with Crippen LogP contribution in [0.15, 0.2) is 41.1 Å². The van der Waals surface area contributed by atoms with Crippen LogP contribution in [0.1, 0.15) is 48.4 Å². The number of amides is 1. The first-order valence-corrected chi connectivity index (χ1v) is 11.1. The quantitative estimate of drug-likeness (QED) is 0.386. The highest BCUT2D eigenvalue weighted by molar-refractivity contribution is 8.17. The van der Waals surface area contributed by atoms with Gasteiger partial charge in [0.2, 0.25) is 11.5 Å². The molecule has 0 bridgehead atoms. The number of rotatable bonds is 11. The molecule has 0 saturated carbocycles. The van der Waals surface area contributed by atoms with E-state index in [2.05, 4.69) is 9.97 Å². The normalized spacial score (nSPS) is 11.4. The molecule has 1 aromatic heterocycles. The lowest BCUT2D eigenvalue weighted by molar-refractivity contribution is -0.143. The van der Waals surface area contributed by atoms with Crippen molar-refractivity contribution in [2.45, 2.75) is 40.2 Å².